The minimum atomic E-state index is -0.654. The van der Waals surface area contributed by atoms with Crippen LogP contribution in [0.1, 0.15) is 34.2 Å². The summed E-state index contributed by atoms with van der Waals surface area (Å²) in [4.78, 5) is 44.0. The number of benzene rings is 2. The molecule has 2 aromatic carbocycles. The number of aromatic nitrogens is 2. The highest BCUT2D eigenvalue weighted by Gasteiger charge is 2.39. The summed E-state index contributed by atoms with van der Waals surface area (Å²) in [5.41, 5.74) is 0.650. The Balaban J connectivity index is 1.53. The van der Waals surface area contributed by atoms with E-state index in [-0.39, 0.29) is 18.5 Å². The molecule has 0 N–H and O–H groups in total. The molecule has 3 aromatic rings. The molecule has 1 fully saturated rings. The van der Waals surface area contributed by atoms with Crippen LogP contribution in [0.4, 0.5) is 4.79 Å². The van der Waals surface area contributed by atoms with Crippen molar-refractivity contribution < 1.29 is 23.8 Å². The number of rotatable bonds is 6. The maximum atomic E-state index is 12.9. The number of nitrogens with zero attached hydrogens (tertiary/aromatic N) is 3. The van der Waals surface area contributed by atoms with Gasteiger partial charge in [0.05, 0.1) is 30.5 Å². The average molecular weight is 463 g/mol. The normalized spacial score (nSPS) is 17.4. The third-order valence-corrected chi connectivity index (χ3v) is 5.72. The maximum absolute atomic E-state index is 12.9. The van der Waals surface area contributed by atoms with Crippen molar-refractivity contribution in [3.63, 3.8) is 0 Å². The largest absolute Gasteiger partial charge is 0.445 e. The van der Waals surface area contributed by atoms with E-state index in [0.29, 0.717) is 24.4 Å². The summed E-state index contributed by atoms with van der Waals surface area (Å²) in [6.45, 7) is 0.427. The van der Waals surface area contributed by atoms with Gasteiger partial charge in [-0.1, -0.05) is 48.5 Å². The van der Waals surface area contributed by atoms with Crippen molar-refractivity contribution in [3.05, 3.63) is 94.2 Å². The molecule has 0 unspecified atom stereocenters. The van der Waals surface area contributed by atoms with E-state index in [2.05, 4.69) is 4.98 Å². The van der Waals surface area contributed by atoms with Crippen LogP contribution >= 0.6 is 0 Å². The number of amides is 1. The van der Waals surface area contributed by atoms with E-state index in [0.717, 1.165) is 5.56 Å². The smallest absolute Gasteiger partial charge is 0.410 e. The molecule has 176 valence electrons. The average Bonchev–Trinajstić information content (AvgIpc) is 3.31. The number of likely N-dealkylation sites (tertiary alicyclic amines) is 1. The molecule has 0 saturated carbocycles. The zero-order chi connectivity index (χ0) is 24.1. The first-order chi connectivity index (χ1) is 16.5. The minimum absolute atomic E-state index is 0.126. The second-order valence-corrected chi connectivity index (χ2v) is 7.90. The summed E-state index contributed by atoms with van der Waals surface area (Å²) < 4.78 is 17.5. The Labute approximate surface area is 196 Å². The SMILES string of the molecule is CO[C@@H]1C[C@@H](c2ncc(OC(=O)c3ccccc3)c(=O)n2C)N(C(=O)OCc2ccccc2)C1. The highest BCUT2D eigenvalue weighted by Crippen LogP contribution is 2.32. The lowest BCUT2D eigenvalue weighted by molar-refractivity contribution is 0.0730. The van der Waals surface area contributed by atoms with E-state index >= 15 is 0 Å². The topological polar surface area (TPSA) is 100.0 Å². The van der Waals surface area contributed by atoms with Gasteiger partial charge in [-0.25, -0.2) is 14.6 Å². The molecule has 34 heavy (non-hydrogen) atoms. The van der Waals surface area contributed by atoms with Crippen LogP contribution in [0.3, 0.4) is 0 Å². The Morgan fingerprint density at radius 3 is 2.41 bits per heavy atom. The van der Waals surface area contributed by atoms with Gasteiger partial charge >= 0.3 is 12.1 Å². The molecular formula is C25H25N3O6. The summed E-state index contributed by atoms with van der Waals surface area (Å²) >= 11 is 0. The summed E-state index contributed by atoms with van der Waals surface area (Å²) in [6.07, 6.45) is 0.899. The van der Waals surface area contributed by atoms with Crippen molar-refractivity contribution in [2.75, 3.05) is 13.7 Å². The predicted octanol–water partition coefficient (Wildman–Crippen LogP) is 3.10. The third kappa shape index (κ3) is 4.99. The Morgan fingerprint density at radius 1 is 1.06 bits per heavy atom. The summed E-state index contributed by atoms with van der Waals surface area (Å²) in [5.74, 6) is -0.501. The van der Waals surface area contributed by atoms with Gasteiger partial charge in [0.2, 0.25) is 5.75 Å². The number of ether oxygens (including phenoxy) is 3. The van der Waals surface area contributed by atoms with Crippen LogP contribution < -0.4 is 10.3 Å². The fourth-order valence-electron chi connectivity index (χ4n) is 3.87. The second kappa shape index (κ2) is 10.3. The molecule has 2 atom stereocenters. The first-order valence-electron chi connectivity index (χ1n) is 10.8. The number of methoxy groups -OCH3 is 1. The van der Waals surface area contributed by atoms with Crippen LogP contribution in [0, 0.1) is 0 Å². The highest BCUT2D eigenvalue weighted by atomic mass is 16.6. The van der Waals surface area contributed by atoms with E-state index in [1.165, 1.54) is 22.7 Å². The number of carbonyl (C=O) groups excluding carboxylic acids is 2. The summed E-state index contributed by atoms with van der Waals surface area (Å²) in [7, 11) is 3.09. The molecule has 1 aliphatic rings. The van der Waals surface area contributed by atoms with Crippen LogP contribution in [0.2, 0.25) is 0 Å². The molecule has 0 spiro atoms. The van der Waals surface area contributed by atoms with Crippen molar-refractivity contribution in [1.29, 1.82) is 0 Å². The van der Waals surface area contributed by atoms with Gasteiger partial charge in [-0.05, 0) is 17.7 Å². The van der Waals surface area contributed by atoms with Crippen LogP contribution in [-0.2, 0) is 23.1 Å². The Morgan fingerprint density at radius 2 is 1.74 bits per heavy atom. The van der Waals surface area contributed by atoms with Gasteiger partial charge < -0.3 is 14.2 Å². The van der Waals surface area contributed by atoms with Crippen LogP contribution in [0.5, 0.6) is 5.75 Å². The lowest BCUT2D eigenvalue weighted by Crippen LogP contribution is -2.36. The summed E-state index contributed by atoms with van der Waals surface area (Å²) in [5, 5.41) is 0. The van der Waals surface area contributed by atoms with Crippen molar-refractivity contribution in [2.45, 2.75) is 25.2 Å². The van der Waals surface area contributed by atoms with Gasteiger partial charge in [-0.2, -0.15) is 0 Å². The fourth-order valence-corrected chi connectivity index (χ4v) is 3.87. The molecular weight excluding hydrogens is 438 g/mol. The zero-order valence-electron chi connectivity index (χ0n) is 18.9. The predicted molar refractivity (Wildman–Crippen MR) is 122 cm³/mol. The first kappa shape index (κ1) is 23.2. The van der Waals surface area contributed by atoms with E-state index < -0.39 is 23.7 Å². The van der Waals surface area contributed by atoms with E-state index in [1.54, 1.807) is 37.4 Å². The fraction of sp³-hybridized carbons (Fsp3) is 0.280. The molecule has 9 heteroatoms. The molecule has 0 bridgehead atoms. The van der Waals surface area contributed by atoms with Crippen molar-refractivity contribution in [2.24, 2.45) is 7.05 Å². The molecule has 1 aliphatic heterocycles. The van der Waals surface area contributed by atoms with Crippen LogP contribution in [0.15, 0.2) is 71.7 Å². The number of carbonyl (C=O) groups is 2. The second-order valence-electron chi connectivity index (χ2n) is 7.90. The zero-order valence-corrected chi connectivity index (χ0v) is 18.9. The highest BCUT2D eigenvalue weighted by molar-refractivity contribution is 5.90. The molecule has 0 radical (unpaired) electrons. The monoisotopic (exact) mass is 463 g/mol. The quantitative estimate of drug-likeness (QED) is 0.518. The van der Waals surface area contributed by atoms with E-state index in [9.17, 15) is 14.4 Å². The van der Waals surface area contributed by atoms with E-state index in [1.807, 2.05) is 30.3 Å². The molecule has 0 aliphatic carbocycles. The first-order valence-corrected chi connectivity index (χ1v) is 10.8. The lowest BCUT2D eigenvalue weighted by atomic mass is 10.2. The molecule has 1 amide bonds. The number of esters is 1. The van der Waals surface area contributed by atoms with Crippen molar-refractivity contribution in [3.8, 4) is 5.75 Å². The lowest BCUT2D eigenvalue weighted by Gasteiger charge is -2.24. The standard InChI is InChI=1S/C25H25N3O6/c1-27-22(26-14-21(23(27)29)34-24(30)18-11-7-4-8-12-18)20-13-19(32-2)15-28(20)25(31)33-16-17-9-5-3-6-10-17/h3-12,14,19-20H,13,15-16H2,1-2H3/t19-,20+/m1/s1. The maximum Gasteiger partial charge on any atom is 0.410 e. The molecule has 2 heterocycles. The molecule has 9 nitrogen and oxygen atoms in total. The van der Waals surface area contributed by atoms with Crippen LogP contribution in [0.25, 0.3) is 0 Å². The summed E-state index contributed by atoms with van der Waals surface area (Å²) in [6, 6.07) is 17.2. The van der Waals surface area contributed by atoms with Crippen molar-refractivity contribution in [1.82, 2.24) is 14.5 Å². The van der Waals surface area contributed by atoms with Gasteiger partial charge in [-0.3, -0.25) is 14.3 Å². The van der Waals surface area contributed by atoms with Gasteiger partial charge in [-0.15, -0.1) is 0 Å². The minimum Gasteiger partial charge on any atom is -0.445 e. The third-order valence-electron chi connectivity index (χ3n) is 5.72. The Bertz CT molecular complexity index is 1210. The van der Waals surface area contributed by atoms with Gasteiger partial charge in [0.1, 0.15) is 12.4 Å². The van der Waals surface area contributed by atoms with Gasteiger partial charge in [0.15, 0.2) is 0 Å². The number of hydrogen-bond acceptors (Lipinski definition) is 7. The molecule has 1 aromatic heterocycles. The Hall–Kier alpha value is -3.98. The molecule has 1 saturated heterocycles. The van der Waals surface area contributed by atoms with Crippen molar-refractivity contribution >= 4 is 12.1 Å². The van der Waals surface area contributed by atoms with E-state index in [4.69, 9.17) is 14.2 Å². The van der Waals surface area contributed by atoms with Crippen LogP contribution in [-0.4, -0.2) is 46.3 Å². The molecule has 4 rings (SSSR count). The van der Waals surface area contributed by atoms with Gasteiger partial charge in [0, 0.05) is 20.6 Å². The Kier molecular flexibility index (Phi) is 7.03. The number of hydrogen-bond donors (Lipinski definition) is 0. The van der Waals surface area contributed by atoms with Gasteiger partial charge in [0.25, 0.3) is 5.56 Å².